The number of carbonyl (C=O) groups is 2. The molecule has 3 amide bonds. The summed E-state index contributed by atoms with van der Waals surface area (Å²) in [5.41, 5.74) is 7.39. The number of piperidine rings is 1. The van der Waals surface area contributed by atoms with Crippen LogP contribution in [0.15, 0.2) is 24.3 Å². The van der Waals surface area contributed by atoms with Gasteiger partial charge in [-0.25, -0.2) is 4.79 Å². The Morgan fingerprint density at radius 1 is 1.29 bits per heavy atom. The standard InChI is InChI=1S/C18H28N4O2/c1-14-6-8-16(9-7-14)21-18(24)20-12-15-4-3-11-22(13-15)17(23)5-2-10-19/h6-9,15H,2-5,10-13,19H2,1H3,(H2,20,21,24). The van der Waals surface area contributed by atoms with E-state index in [1.165, 1.54) is 0 Å². The van der Waals surface area contributed by atoms with Gasteiger partial charge in [0.15, 0.2) is 0 Å². The van der Waals surface area contributed by atoms with Gasteiger partial charge in [-0.1, -0.05) is 17.7 Å². The zero-order valence-electron chi connectivity index (χ0n) is 14.4. The minimum atomic E-state index is -0.203. The zero-order chi connectivity index (χ0) is 17.4. The van der Waals surface area contributed by atoms with Gasteiger partial charge in [-0.05, 0) is 50.8 Å². The Bertz CT molecular complexity index is 544. The number of aryl methyl sites for hydroxylation is 1. The van der Waals surface area contributed by atoms with E-state index in [9.17, 15) is 9.59 Å². The SMILES string of the molecule is Cc1ccc(NC(=O)NCC2CCCN(C(=O)CCCN)C2)cc1. The first-order chi connectivity index (χ1) is 11.6. The summed E-state index contributed by atoms with van der Waals surface area (Å²) in [6, 6.07) is 7.48. The number of nitrogens with zero attached hydrogens (tertiary/aromatic N) is 1. The summed E-state index contributed by atoms with van der Waals surface area (Å²) < 4.78 is 0. The lowest BCUT2D eigenvalue weighted by molar-refractivity contribution is -0.133. The molecule has 0 aliphatic carbocycles. The number of rotatable bonds is 6. The van der Waals surface area contributed by atoms with Gasteiger partial charge in [0.25, 0.3) is 0 Å². The fourth-order valence-corrected chi connectivity index (χ4v) is 2.92. The van der Waals surface area contributed by atoms with Crippen molar-refractivity contribution in [3.63, 3.8) is 0 Å². The molecule has 1 fully saturated rings. The summed E-state index contributed by atoms with van der Waals surface area (Å²) in [5, 5.41) is 5.74. The summed E-state index contributed by atoms with van der Waals surface area (Å²) in [6.45, 7) is 4.67. The summed E-state index contributed by atoms with van der Waals surface area (Å²) >= 11 is 0. The number of nitrogens with one attached hydrogen (secondary N) is 2. The lowest BCUT2D eigenvalue weighted by Gasteiger charge is -2.33. The Morgan fingerprint density at radius 2 is 2.04 bits per heavy atom. The highest BCUT2D eigenvalue weighted by Crippen LogP contribution is 2.17. The third kappa shape index (κ3) is 5.85. The Morgan fingerprint density at radius 3 is 2.75 bits per heavy atom. The number of hydrogen-bond acceptors (Lipinski definition) is 3. The molecule has 1 aliphatic heterocycles. The van der Waals surface area contributed by atoms with E-state index in [2.05, 4.69) is 10.6 Å². The highest BCUT2D eigenvalue weighted by atomic mass is 16.2. The number of likely N-dealkylation sites (tertiary alicyclic amines) is 1. The van der Waals surface area contributed by atoms with Crippen LogP contribution in [-0.2, 0) is 4.79 Å². The Labute approximate surface area is 143 Å². The molecule has 1 unspecified atom stereocenters. The van der Waals surface area contributed by atoms with Gasteiger partial charge in [0, 0.05) is 31.7 Å². The van der Waals surface area contributed by atoms with Crippen LogP contribution in [0.5, 0.6) is 0 Å². The number of nitrogens with two attached hydrogens (primary N) is 1. The highest BCUT2D eigenvalue weighted by molar-refractivity contribution is 5.89. The molecule has 0 spiro atoms. The third-order valence-corrected chi connectivity index (χ3v) is 4.33. The molecule has 1 heterocycles. The van der Waals surface area contributed by atoms with Crippen molar-refractivity contribution in [1.82, 2.24) is 10.2 Å². The van der Waals surface area contributed by atoms with Crippen LogP contribution in [0.4, 0.5) is 10.5 Å². The van der Waals surface area contributed by atoms with Crippen molar-refractivity contribution < 1.29 is 9.59 Å². The second kappa shape index (κ2) is 9.27. The third-order valence-electron chi connectivity index (χ3n) is 4.33. The molecule has 6 nitrogen and oxygen atoms in total. The van der Waals surface area contributed by atoms with Gasteiger partial charge in [-0.15, -0.1) is 0 Å². The topological polar surface area (TPSA) is 87.5 Å². The number of anilines is 1. The number of amides is 3. The lowest BCUT2D eigenvalue weighted by atomic mass is 9.97. The van der Waals surface area contributed by atoms with Crippen molar-refractivity contribution in [2.45, 2.75) is 32.6 Å². The molecule has 0 saturated carbocycles. The quantitative estimate of drug-likeness (QED) is 0.745. The molecule has 132 valence electrons. The van der Waals surface area contributed by atoms with Crippen molar-refractivity contribution in [1.29, 1.82) is 0 Å². The van der Waals surface area contributed by atoms with Crippen LogP contribution >= 0.6 is 0 Å². The van der Waals surface area contributed by atoms with Gasteiger partial charge in [0.2, 0.25) is 5.91 Å². The zero-order valence-corrected chi connectivity index (χ0v) is 14.4. The van der Waals surface area contributed by atoms with E-state index in [-0.39, 0.29) is 11.9 Å². The molecule has 1 aromatic carbocycles. The van der Waals surface area contributed by atoms with Crippen LogP contribution in [0.2, 0.25) is 0 Å². The van der Waals surface area contributed by atoms with E-state index in [1.807, 2.05) is 36.1 Å². The molecule has 1 aliphatic rings. The van der Waals surface area contributed by atoms with Crippen LogP contribution in [0, 0.1) is 12.8 Å². The van der Waals surface area contributed by atoms with E-state index in [0.717, 1.165) is 37.1 Å². The van der Waals surface area contributed by atoms with E-state index in [0.29, 0.717) is 32.0 Å². The largest absolute Gasteiger partial charge is 0.342 e. The van der Waals surface area contributed by atoms with Crippen LogP contribution in [0.25, 0.3) is 0 Å². The fourth-order valence-electron chi connectivity index (χ4n) is 2.92. The fraction of sp³-hybridized carbons (Fsp3) is 0.556. The molecule has 2 rings (SSSR count). The molecule has 6 heteroatoms. The number of benzene rings is 1. The average Bonchev–Trinajstić information content (AvgIpc) is 2.60. The van der Waals surface area contributed by atoms with Crippen molar-refractivity contribution in [2.75, 3.05) is 31.5 Å². The maximum atomic E-state index is 12.1. The Balaban J connectivity index is 1.73. The Kier molecular flexibility index (Phi) is 7.06. The summed E-state index contributed by atoms with van der Waals surface area (Å²) in [5.74, 6) is 0.485. The van der Waals surface area contributed by atoms with Gasteiger partial charge in [-0.2, -0.15) is 0 Å². The van der Waals surface area contributed by atoms with Gasteiger partial charge < -0.3 is 21.3 Å². The smallest absolute Gasteiger partial charge is 0.319 e. The van der Waals surface area contributed by atoms with E-state index in [4.69, 9.17) is 5.73 Å². The van der Waals surface area contributed by atoms with Crippen LogP contribution < -0.4 is 16.4 Å². The molecule has 0 aromatic heterocycles. The number of carbonyl (C=O) groups excluding carboxylic acids is 2. The predicted molar refractivity (Wildman–Crippen MR) is 95.8 cm³/mol. The number of hydrogen-bond donors (Lipinski definition) is 3. The van der Waals surface area contributed by atoms with Crippen molar-refractivity contribution in [3.05, 3.63) is 29.8 Å². The van der Waals surface area contributed by atoms with Gasteiger partial charge in [0.1, 0.15) is 0 Å². The number of urea groups is 1. The molecular formula is C18H28N4O2. The maximum absolute atomic E-state index is 12.1. The normalized spacial score (nSPS) is 17.4. The highest BCUT2D eigenvalue weighted by Gasteiger charge is 2.23. The van der Waals surface area contributed by atoms with Crippen molar-refractivity contribution in [3.8, 4) is 0 Å². The van der Waals surface area contributed by atoms with E-state index < -0.39 is 0 Å². The van der Waals surface area contributed by atoms with Gasteiger partial charge in [0.05, 0.1) is 0 Å². The van der Waals surface area contributed by atoms with E-state index in [1.54, 1.807) is 0 Å². The molecule has 1 saturated heterocycles. The molecule has 1 atom stereocenters. The van der Waals surface area contributed by atoms with Gasteiger partial charge in [-0.3, -0.25) is 4.79 Å². The molecular weight excluding hydrogens is 304 g/mol. The first-order valence-corrected chi connectivity index (χ1v) is 8.68. The average molecular weight is 332 g/mol. The molecule has 1 aromatic rings. The molecule has 0 radical (unpaired) electrons. The minimum absolute atomic E-state index is 0.175. The van der Waals surface area contributed by atoms with Crippen LogP contribution in [-0.4, -0.2) is 43.0 Å². The first-order valence-electron chi connectivity index (χ1n) is 8.68. The van der Waals surface area contributed by atoms with Crippen molar-refractivity contribution in [2.24, 2.45) is 11.7 Å². The minimum Gasteiger partial charge on any atom is -0.342 e. The Hall–Kier alpha value is -2.08. The monoisotopic (exact) mass is 332 g/mol. The summed E-state index contributed by atoms with van der Waals surface area (Å²) in [4.78, 5) is 26.0. The van der Waals surface area contributed by atoms with E-state index >= 15 is 0 Å². The molecule has 0 bridgehead atoms. The first kappa shape index (κ1) is 18.3. The van der Waals surface area contributed by atoms with Crippen molar-refractivity contribution >= 4 is 17.6 Å². The molecule has 24 heavy (non-hydrogen) atoms. The van der Waals surface area contributed by atoms with Crippen LogP contribution in [0.1, 0.15) is 31.2 Å². The predicted octanol–water partition coefficient (Wildman–Crippen LogP) is 2.09. The second-order valence-electron chi connectivity index (χ2n) is 6.44. The molecule has 4 N–H and O–H groups in total. The summed E-state index contributed by atoms with van der Waals surface area (Å²) in [7, 11) is 0. The summed E-state index contributed by atoms with van der Waals surface area (Å²) in [6.07, 6.45) is 3.27. The lowest BCUT2D eigenvalue weighted by Crippen LogP contribution is -2.44. The second-order valence-corrected chi connectivity index (χ2v) is 6.44. The van der Waals surface area contributed by atoms with Gasteiger partial charge >= 0.3 is 6.03 Å². The maximum Gasteiger partial charge on any atom is 0.319 e. The van der Waals surface area contributed by atoms with Crippen LogP contribution in [0.3, 0.4) is 0 Å².